The van der Waals surface area contributed by atoms with E-state index < -0.39 is 24.5 Å². The first-order chi connectivity index (χ1) is 10.4. The highest BCUT2D eigenvalue weighted by Gasteiger charge is 2.28. The number of amides is 2. The Kier molecular flexibility index (Phi) is 5.50. The number of anilines is 1. The normalized spacial score (nSPS) is 17.0. The quantitative estimate of drug-likeness (QED) is 0.803. The van der Waals surface area contributed by atoms with Crippen LogP contribution in [-0.2, 0) is 19.1 Å². The summed E-state index contributed by atoms with van der Waals surface area (Å²) in [4.78, 5) is 34.4. The first kappa shape index (κ1) is 16.9. The Morgan fingerprint density at radius 1 is 1.27 bits per heavy atom. The first-order valence-electron chi connectivity index (χ1n) is 6.27. The van der Waals surface area contributed by atoms with Gasteiger partial charge in [0.05, 0.1) is 15.7 Å². The van der Waals surface area contributed by atoms with E-state index in [-0.39, 0.29) is 28.1 Å². The molecule has 1 aliphatic heterocycles. The molecule has 0 aromatic heterocycles. The van der Waals surface area contributed by atoms with E-state index in [1.807, 2.05) is 0 Å². The van der Waals surface area contributed by atoms with Crippen molar-refractivity contribution >= 4 is 58.3 Å². The fraction of sp³-hybridized carbons (Fsp3) is 0.308. The fourth-order valence-electron chi connectivity index (χ4n) is 1.87. The van der Waals surface area contributed by atoms with Crippen LogP contribution in [0.1, 0.15) is 12.8 Å². The first-order valence-corrected chi connectivity index (χ1v) is 7.40. The molecule has 9 heteroatoms. The van der Waals surface area contributed by atoms with Crippen molar-refractivity contribution in [3.05, 3.63) is 27.2 Å². The predicted molar refractivity (Wildman–Crippen MR) is 82.2 cm³/mol. The number of benzene rings is 1. The lowest BCUT2D eigenvalue weighted by Crippen LogP contribution is -2.36. The van der Waals surface area contributed by atoms with Crippen LogP contribution in [0.3, 0.4) is 0 Å². The van der Waals surface area contributed by atoms with Gasteiger partial charge in [-0.05, 0) is 18.6 Å². The highest BCUT2D eigenvalue weighted by atomic mass is 35.5. The second-order valence-corrected chi connectivity index (χ2v) is 5.81. The van der Waals surface area contributed by atoms with Crippen LogP contribution >= 0.6 is 34.8 Å². The van der Waals surface area contributed by atoms with E-state index in [4.69, 9.17) is 39.5 Å². The molecule has 0 bridgehead atoms. The summed E-state index contributed by atoms with van der Waals surface area (Å²) in [5, 5.41) is 5.55. The number of carbonyl (C=O) groups excluding carboxylic acids is 3. The summed E-state index contributed by atoms with van der Waals surface area (Å²) in [5.41, 5.74) is 0.183. The minimum Gasteiger partial charge on any atom is -0.454 e. The van der Waals surface area contributed by atoms with Crippen LogP contribution in [0.4, 0.5) is 5.69 Å². The minimum atomic E-state index is -0.706. The molecule has 2 N–H and O–H groups in total. The van der Waals surface area contributed by atoms with Gasteiger partial charge < -0.3 is 15.4 Å². The van der Waals surface area contributed by atoms with Crippen molar-refractivity contribution in [1.82, 2.24) is 5.32 Å². The Balaban J connectivity index is 1.88. The predicted octanol–water partition coefficient (Wildman–Crippen LogP) is 2.41. The summed E-state index contributed by atoms with van der Waals surface area (Å²) in [7, 11) is 0. The second kappa shape index (κ2) is 7.17. The summed E-state index contributed by atoms with van der Waals surface area (Å²) in [6.45, 7) is -0.513. The molecular weight excluding hydrogens is 355 g/mol. The van der Waals surface area contributed by atoms with Crippen molar-refractivity contribution < 1.29 is 19.1 Å². The Morgan fingerprint density at radius 3 is 2.45 bits per heavy atom. The molecule has 0 spiro atoms. The summed E-state index contributed by atoms with van der Waals surface area (Å²) in [6, 6.07) is 2.14. The Morgan fingerprint density at radius 2 is 1.91 bits per heavy atom. The van der Waals surface area contributed by atoms with Gasteiger partial charge in [-0.3, -0.25) is 9.59 Å². The topological polar surface area (TPSA) is 84.5 Å². The lowest BCUT2D eigenvalue weighted by molar-refractivity contribution is -0.149. The summed E-state index contributed by atoms with van der Waals surface area (Å²) in [6.07, 6.45) is 0.621. The van der Waals surface area contributed by atoms with E-state index >= 15 is 0 Å². The SMILES string of the molecule is O=C(COC(=O)[C@@H]1CCC(=O)N1)Nc1c(Cl)cc(Cl)cc1Cl. The van der Waals surface area contributed by atoms with Gasteiger partial charge in [-0.2, -0.15) is 0 Å². The number of carbonyl (C=O) groups is 3. The lowest BCUT2D eigenvalue weighted by Gasteiger charge is -2.12. The van der Waals surface area contributed by atoms with Gasteiger partial charge >= 0.3 is 5.97 Å². The molecule has 1 saturated heterocycles. The van der Waals surface area contributed by atoms with Gasteiger partial charge in [-0.15, -0.1) is 0 Å². The third-order valence-corrected chi connectivity index (χ3v) is 3.71. The van der Waals surface area contributed by atoms with Crippen LogP contribution in [0.5, 0.6) is 0 Å². The molecule has 22 heavy (non-hydrogen) atoms. The number of esters is 1. The van der Waals surface area contributed by atoms with E-state index in [1.165, 1.54) is 12.1 Å². The molecule has 0 radical (unpaired) electrons. The molecule has 1 atom stereocenters. The Labute approximate surface area is 141 Å². The monoisotopic (exact) mass is 364 g/mol. The van der Waals surface area contributed by atoms with Gasteiger partial charge in [-0.1, -0.05) is 34.8 Å². The van der Waals surface area contributed by atoms with Crippen molar-refractivity contribution in [1.29, 1.82) is 0 Å². The third kappa shape index (κ3) is 4.25. The van der Waals surface area contributed by atoms with Crippen LogP contribution in [0.15, 0.2) is 12.1 Å². The maximum Gasteiger partial charge on any atom is 0.329 e. The van der Waals surface area contributed by atoms with Crippen LogP contribution < -0.4 is 10.6 Å². The number of rotatable bonds is 4. The molecule has 1 fully saturated rings. The molecule has 2 amide bonds. The molecule has 0 saturated carbocycles. The van der Waals surface area contributed by atoms with Crippen molar-refractivity contribution in [2.24, 2.45) is 0 Å². The molecule has 2 rings (SSSR count). The number of hydrogen-bond acceptors (Lipinski definition) is 4. The van der Waals surface area contributed by atoms with Crippen LogP contribution in [0.25, 0.3) is 0 Å². The maximum absolute atomic E-state index is 11.8. The zero-order valence-corrected chi connectivity index (χ0v) is 13.4. The van der Waals surface area contributed by atoms with Crippen molar-refractivity contribution in [2.45, 2.75) is 18.9 Å². The molecule has 6 nitrogen and oxygen atoms in total. The molecule has 118 valence electrons. The molecule has 1 aliphatic rings. The van der Waals surface area contributed by atoms with Gasteiger partial charge in [0.1, 0.15) is 6.04 Å². The molecule has 1 heterocycles. The van der Waals surface area contributed by atoms with E-state index in [2.05, 4.69) is 10.6 Å². The van der Waals surface area contributed by atoms with Crippen molar-refractivity contribution in [2.75, 3.05) is 11.9 Å². The summed E-state index contributed by atoms with van der Waals surface area (Å²) in [5.74, 6) is -1.48. The molecular formula is C13H11Cl3N2O4. The van der Waals surface area contributed by atoms with Gasteiger partial charge in [0.25, 0.3) is 5.91 Å². The highest BCUT2D eigenvalue weighted by molar-refractivity contribution is 6.42. The zero-order chi connectivity index (χ0) is 16.3. The second-order valence-electron chi connectivity index (χ2n) is 4.56. The molecule has 0 unspecified atom stereocenters. The van der Waals surface area contributed by atoms with Gasteiger partial charge in [0.2, 0.25) is 5.91 Å². The average Bonchev–Trinajstić information content (AvgIpc) is 2.87. The number of nitrogens with one attached hydrogen (secondary N) is 2. The lowest BCUT2D eigenvalue weighted by atomic mass is 10.2. The number of hydrogen-bond donors (Lipinski definition) is 2. The number of halogens is 3. The third-order valence-electron chi connectivity index (χ3n) is 2.90. The summed E-state index contributed by atoms with van der Waals surface area (Å²) < 4.78 is 4.83. The van der Waals surface area contributed by atoms with Gasteiger partial charge in [0, 0.05) is 11.4 Å². The largest absolute Gasteiger partial charge is 0.454 e. The van der Waals surface area contributed by atoms with E-state index in [9.17, 15) is 14.4 Å². The molecule has 1 aromatic carbocycles. The molecule has 1 aromatic rings. The average molecular weight is 366 g/mol. The van der Waals surface area contributed by atoms with E-state index in [0.29, 0.717) is 11.4 Å². The highest BCUT2D eigenvalue weighted by Crippen LogP contribution is 2.33. The summed E-state index contributed by atoms with van der Waals surface area (Å²) >= 11 is 17.6. The number of ether oxygens (including phenoxy) is 1. The van der Waals surface area contributed by atoms with Crippen LogP contribution in [0.2, 0.25) is 15.1 Å². The Hall–Kier alpha value is -1.50. The maximum atomic E-state index is 11.8. The van der Waals surface area contributed by atoms with E-state index in [1.54, 1.807) is 0 Å². The van der Waals surface area contributed by atoms with Crippen molar-refractivity contribution in [3.8, 4) is 0 Å². The van der Waals surface area contributed by atoms with E-state index in [0.717, 1.165) is 0 Å². The Bertz CT molecular complexity index is 613. The standard InChI is InChI=1S/C13H11Cl3N2O4/c14-6-3-7(15)12(8(16)4-6)18-11(20)5-22-13(21)9-1-2-10(19)17-9/h3-4,9H,1-2,5H2,(H,17,19)(H,18,20)/t9-/m0/s1. The van der Waals surface area contributed by atoms with Gasteiger partial charge in [0.15, 0.2) is 6.61 Å². The zero-order valence-electron chi connectivity index (χ0n) is 11.1. The van der Waals surface area contributed by atoms with Crippen LogP contribution in [-0.4, -0.2) is 30.4 Å². The van der Waals surface area contributed by atoms with Gasteiger partial charge in [-0.25, -0.2) is 4.79 Å². The smallest absolute Gasteiger partial charge is 0.329 e. The van der Waals surface area contributed by atoms with Crippen LogP contribution in [0, 0.1) is 0 Å². The van der Waals surface area contributed by atoms with Crippen molar-refractivity contribution in [3.63, 3.8) is 0 Å². The minimum absolute atomic E-state index is 0.167. The fourth-order valence-corrected chi connectivity index (χ4v) is 2.78. The molecule has 0 aliphatic carbocycles.